The molecule has 1 aromatic rings. The fraction of sp³-hybridized carbons (Fsp3) is 0.571. The van der Waals surface area contributed by atoms with E-state index in [1.54, 1.807) is 24.0 Å². The number of aryl methyl sites for hydroxylation is 1. The summed E-state index contributed by atoms with van der Waals surface area (Å²) in [6.45, 7) is 1.87. The maximum absolute atomic E-state index is 9.68. The first kappa shape index (κ1) is 8.23. The molecule has 0 spiro atoms. The zero-order valence-corrected chi connectivity index (χ0v) is 6.78. The summed E-state index contributed by atoms with van der Waals surface area (Å²) in [7, 11) is 1.83. The summed E-state index contributed by atoms with van der Waals surface area (Å²) in [6, 6.07) is 0. The van der Waals surface area contributed by atoms with Crippen LogP contribution in [0, 0.1) is 0 Å². The van der Waals surface area contributed by atoms with E-state index in [9.17, 15) is 5.11 Å². The van der Waals surface area contributed by atoms with Crippen LogP contribution in [0.5, 0.6) is 0 Å². The monoisotopic (exact) mass is 155 g/mol. The molecule has 0 fully saturated rings. The van der Waals surface area contributed by atoms with E-state index >= 15 is 0 Å². The van der Waals surface area contributed by atoms with Crippen molar-refractivity contribution in [2.45, 2.75) is 12.5 Å². The van der Waals surface area contributed by atoms with Crippen molar-refractivity contribution < 1.29 is 5.11 Å². The molecular weight excluding hydrogens is 142 g/mol. The molecule has 0 bridgehead atoms. The molecule has 0 aliphatic rings. The second-order valence-electron chi connectivity index (χ2n) is 2.87. The Balaban J connectivity index is 3.00. The van der Waals surface area contributed by atoms with Crippen LogP contribution < -0.4 is 5.73 Å². The molecule has 0 saturated carbocycles. The van der Waals surface area contributed by atoms with Crippen LogP contribution in [0.4, 0.5) is 0 Å². The Morgan fingerprint density at radius 2 is 2.45 bits per heavy atom. The van der Waals surface area contributed by atoms with E-state index in [1.807, 2.05) is 7.05 Å². The van der Waals surface area contributed by atoms with Crippen molar-refractivity contribution in [3.05, 3.63) is 18.2 Å². The SMILES string of the molecule is Cn1cncc1C(C)(O)CN. The van der Waals surface area contributed by atoms with Gasteiger partial charge in [0.1, 0.15) is 5.60 Å². The molecule has 1 unspecified atom stereocenters. The van der Waals surface area contributed by atoms with E-state index < -0.39 is 5.60 Å². The van der Waals surface area contributed by atoms with E-state index in [4.69, 9.17) is 5.73 Å². The van der Waals surface area contributed by atoms with Crippen molar-refractivity contribution in [3.8, 4) is 0 Å². The highest BCUT2D eigenvalue weighted by Crippen LogP contribution is 2.16. The molecule has 1 atom stereocenters. The number of imidazole rings is 1. The quantitative estimate of drug-likeness (QED) is 0.610. The summed E-state index contributed by atoms with van der Waals surface area (Å²) < 4.78 is 1.76. The first-order valence-corrected chi connectivity index (χ1v) is 3.47. The molecule has 0 aliphatic heterocycles. The summed E-state index contributed by atoms with van der Waals surface area (Å²) in [4.78, 5) is 3.88. The highest BCUT2D eigenvalue weighted by Gasteiger charge is 2.23. The molecular formula is C7H13N3O. The highest BCUT2D eigenvalue weighted by molar-refractivity contribution is 5.08. The lowest BCUT2D eigenvalue weighted by atomic mass is 10.0. The van der Waals surface area contributed by atoms with Crippen molar-refractivity contribution in [3.63, 3.8) is 0 Å². The summed E-state index contributed by atoms with van der Waals surface area (Å²) in [6.07, 6.45) is 3.26. The molecule has 0 aliphatic carbocycles. The summed E-state index contributed by atoms with van der Waals surface area (Å²) in [5.74, 6) is 0. The minimum Gasteiger partial charge on any atom is -0.383 e. The van der Waals surface area contributed by atoms with Crippen LogP contribution in [0.2, 0.25) is 0 Å². The maximum Gasteiger partial charge on any atom is 0.115 e. The molecule has 0 amide bonds. The molecule has 0 aromatic carbocycles. The van der Waals surface area contributed by atoms with Crippen molar-refractivity contribution in [1.82, 2.24) is 9.55 Å². The van der Waals surface area contributed by atoms with Crippen LogP contribution in [0.3, 0.4) is 0 Å². The minimum absolute atomic E-state index is 0.201. The Kier molecular flexibility index (Phi) is 1.97. The highest BCUT2D eigenvalue weighted by atomic mass is 16.3. The van der Waals surface area contributed by atoms with Crippen molar-refractivity contribution >= 4 is 0 Å². The first-order chi connectivity index (χ1) is 5.08. The average Bonchev–Trinajstić information content (AvgIpc) is 2.36. The molecule has 0 radical (unpaired) electrons. The lowest BCUT2D eigenvalue weighted by molar-refractivity contribution is 0.0592. The van der Waals surface area contributed by atoms with Crippen LogP contribution in [0.25, 0.3) is 0 Å². The fourth-order valence-electron chi connectivity index (χ4n) is 0.981. The van der Waals surface area contributed by atoms with Gasteiger partial charge in [-0.3, -0.25) is 0 Å². The molecule has 1 rings (SSSR count). The van der Waals surface area contributed by atoms with Gasteiger partial charge in [-0.15, -0.1) is 0 Å². The van der Waals surface area contributed by atoms with Crippen LogP contribution in [-0.4, -0.2) is 21.2 Å². The number of hydrogen-bond donors (Lipinski definition) is 2. The second kappa shape index (κ2) is 2.64. The molecule has 4 heteroatoms. The number of nitrogens with two attached hydrogens (primary N) is 1. The largest absolute Gasteiger partial charge is 0.383 e. The van der Waals surface area contributed by atoms with Gasteiger partial charge >= 0.3 is 0 Å². The predicted octanol–water partition coefficient (Wildman–Crippen LogP) is -0.414. The van der Waals surface area contributed by atoms with Gasteiger partial charge in [0, 0.05) is 13.6 Å². The standard InChI is InChI=1S/C7H13N3O/c1-7(11,4-8)6-3-9-5-10(6)2/h3,5,11H,4,8H2,1-2H3. The van der Waals surface area contributed by atoms with E-state index in [0.717, 1.165) is 5.69 Å². The number of aromatic nitrogens is 2. The van der Waals surface area contributed by atoms with E-state index in [-0.39, 0.29) is 6.54 Å². The zero-order valence-electron chi connectivity index (χ0n) is 6.78. The molecule has 0 saturated heterocycles. The van der Waals surface area contributed by atoms with Crippen molar-refractivity contribution in [1.29, 1.82) is 0 Å². The molecule has 11 heavy (non-hydrogen) atoms. The van der Waals surface area contributed by atoms with Gasteiger partial charge in [0.05, 0.1) is 18.2 Å². The van der Waals surface area contributed by atoms with Crippen LogP contribution in [-0.2, 0) is 12.6 Å². The van der Waals surface area contributed by atoms with Crippen LogP contribution >= 0.6 is 0 Å². The summed E-state index contributed by atoms with van der Waals surface area (Å²) in [5.41, 5.74) is 5.14. The second-order valence-corrected chi connectivity index (χ2v) is 2.87. The number of aliphatic hydroxyl groups is 1. The Morgan fingerprint density at radius 1 is 1.82 bits per heavy atom. The molecule has 1 heterocycles. The molecule has 62 valence electrons. The van der Waals surface area contributed by atoms with Gasteiger partial charge in [0.15, 0.2) is 0 Å². The van der Waals surface area contributed by atoms with Gasteiger partial charge in [-0.05, 0) is 6.92 Å². The summed E-state index contributed by atoms with van der Waals surface area (Å²) >= 11 is 0. The Morgan fingerprint density at radius 3 is 2.82 bits per heavy atom. The third-order valence-electron chi connectivity index (χ3n) is 1.77. The first-order valence-electron chi connectivity index (χ1n) is 3.47. The van der Waals surface area contributed by atoms with E-state index in [1.165, 1.54) is 0 Å². The topological polar surface area (TPSA) is 64.1 Å². The van der Waals surface area contributed by atoms with Gasteiger partial charge < -0.3 is 15.4 Å². The van der Waals surface area contributed by atoms with Gasteiger partial charge in [-0.25, -0.2) is 4.98 Å². The van der Waals surface area contributed by atoms with Gasteiger partial charge in [-0.1, -0.05) is 0 Å². The number of rotatable bonds is 2. The van der Waals surface area contributed by atoms with Gasteiger partial charge in [0.25, 0.3) is 0 Å². The van der Waals surface area contributed by atoms with Crippen LogP contribution in [0.15, 0.2) is 12.5 Å². The van der Waals surface area contributed by atoms with Gasteiger partial charge in [0.2, 0.25) is 0 Å². The number of nitrogens with zero attached hydrogens (tertiary/aromatic N) is 2. The predicted molar refractivity (Wildman–Crippen MR) is 41.8 cm³/mol. The fourth-order valence-corrected chi connectivity index (χ4v) is 0.981. The number of hydrogen-bond acceptors (Lipinski definition) is 3. The van der Waals surface area contributed by atoms with Crippen molar-refractivity contribution in [2.24, 2.45) is 12.8 Å². The average molecular weight is 155 g/mol. The lowest BCUT2D eigenvalue weighted by Crippen LogP contribution is -2.33. The minimum atomic E-state index is -0.967. The Labute approximate surface area is 65.7 Å². The zero-order chi connectivity index (χ0) is 8.48. The Bertz CT molecular complexity index is 242. The van der Waals surface area contributed by atoms with E-state index in [0.29, 0.717) is 0 Å². The smallest absolute Gasteiger partial charge is 0.115 e. The normalized spacial score (nSPS) is 16.4. The molecule has 1 aromatic heterocycles. The summed E-state index contributed by atoms with van der Waals surface area (Å²) in [5, 5.41) is 9.68. The van der Waals surface area contributed by atoms with E-state index in [2.05, 4.69) is 4.98 Å². The van der Waals surface area contributed by atoms with Crippen LogP contribution in [0.1, 0.15) is 12.6 Å². The molecule has 3 N–H and O–H groups in total. The molecule has 4 nitrogen and oxygen atoms in total. The van der Waals surface area contributed by atoms with Crippen molar-refractivity contribution in [2.75, 3.05) is 6.54 Å². The van der Waals surface area contributed by atoms with Gasteiger partial charge in [-0.2, -0.15) is 0 Å². The Hall–Kier alpha value is -0.870. The third-order valence-corrected chi connectivity index (χ3v) is 1.77. The maximum atomic E-state index is 9.68. The lowest BCUT2D eigenvalue weighted by Gasteiger charge is -2.20. The third kappa shape index (κ3) is 1.41.